The van der Waals surface area contributed by atoms with E-state index in [1.165, 1.54) is 6.07 Å². The van der Waals surface area contributed by atoms with Crippen LogP contribution in [0.15, 0.2) is 18.3 Å². The maximum atomic E-state index is 13.1. The minimum Gasteiger partial charge on any atom is -0.251 e. The number of hydrogen-bond donors (Lipinski definition) is 0. The molecular weight excluding hydrogens is 181 g/mol. The molecule has 0 amide bonds. The van der Waals surface area contributed by atoms with Gasteiger partial charge in [0.05, 0.1) is 17.8 Å². The highest BCUT2D eigenvalue weighted by atomic mass is 19.1. The first kappa shape index (κ1) is 8.70. The monoisotopic (exact) mass is 189 g/mol. The number of nitriles is 1. The fraction of sp³-hybridized carbons (Fsp3) is 0.200. The molecule has 2 aromatic rings. The van der Waals surface area contributed by atoms with Gasteiger partial charge in [-0.1, -0.05) is 0 Å². The number of nitrogens with zero attached hydrogens (tertiary/aromatic N) is 3. The molecule has 4 heteroatoms. The average molecular weight is 189 g/mol. The van der Waals surface area contributed by atoms with Gasteiger partial charge < -0.3 is 0 Å². The molecule has 3 nitrogen and oxygen atoms in total. The van der Waals surface area contributed by atoms with Crippen LogP contribution in [0.5, 0.6) is 0 Å². The van der Waals surface area contributed by atoms with E-state index in [0.717, 1.165) is 10.9 Å². The lowest BCUT2D eigenvalue weighted by Gasteiger charge is -1.99. The largest absolute Gasteiger partial charge is 0.251 e. The molecule has 0 saturated carbocycles. The molecule has 1 heterocycles. The van der Waals surface area contributed by atoms with Crippen LogP contribution >= 0.6 is 0 Å². The molecule has 0 N–H and O–H groups in total. The summed E-state index contributed by atoms with van der Waals surface area (Å²) in [6.07, 6.45) is 1.56. The molecule has 0 aliphatic heterocycles. The molecule has 0 saturated heterocycles. The van der Waals surface area contributed by atoms with Gasteiger partial charge in [-0.05, 0) is 24.6 Å². The van der Waals surface area contributed by atoms with Crippen molar-refractivity contribution in [3.05, 3.63) is 29.7 Å². The third-order valence-electron chi connectivity index (χ3n) is 2.14. The van der Waals surface area contributed by atoms with Crippen LogP contribution in [0.2, 0.25) is 0 Å². The maximum absolute atomic E-state index is 13.1. The molecule has 14 heavy (non-hydrogen) atoms. The molecule has 0 aliphatic rings. The van der Waals surface area contributed by atoms with E-state index in [1.54, 1.807) is 23.9 Å². The summed E-state index contributed by atoms with van der Waals surface area (Å²) in [5, 5.41) is 13.3. The van der Waals surface area contributed by atoms with Crippen LogP contribution in [0.1, 0.15) is 5.56 Å². The second-order valence-electron chi connectivity index (χ2n) is 3.12. The predicted octanol–water partition coefficient (Wildman–Crippen LogP) is 2.01. The Morgan fingerprint density at radius 3 is 3.07 bits per heavy atom. The SMILES string of the molecule is Cc1cc2c(cnn2CC#N)cc1F. The topological polar surface area (TPSA) is 41.6 Å². The van der Waals surface area contributed by atoms with Crippen LogP contribution in [-0.2, 0) is 6.54 Å². The van der Waals surface area contributed by atoms with Crippen LogP contribution in [0.4, 0.5) is 4.39 Å². The summed E-state index contributed by atoms with van der Waals surface area (Å²) in [7, 11) is 0. The van der Waals surface area contributed by atoms with E-state index in [0.29, 0.717) is 5.56 Å². The predicted molar refractivity (Wildman–Crippen MR) is 50.0 cm³/mol. The molecule has 0 bridgehead atoms. The number of fused-ring (bicyclic) bond motifs is 1. The lowest BCUT2D eigenvalue weighted by Crippen LogP contribution is -1.97. The Labute approximate surface area is 80.4 Å². The van der Waals surface area contributed by atoms with Crippen molar-refractivity contribution in [1.29, 1.82) is 5.26 Å². The molecular formula is C10H8FN3. The first-order valence-electron chi connectivity index (χ1n) is 4.21. The molecule has 1 aromatic heterocycles. The quantitative estimate of drug-likeness (QED) is 0.688. The number of aromatic nitrogens is 2. The highest BCUT2D eigenvalue weighted by Gasteiger charge is 2.05. The van der Waals surface area contributed by atoms with Gasteiger partial charge in [-0.3, -0.25) is 4.68 Å². The summed E-state index contributed by atoms with van der Waals surface area (Å²) in [5.74, 6) is -0.242. The molecule has 1 aromatic carbocycles. The van der Waals surface area contributed by atoms with Gasteiger partial charge in [0, 0.05) is 5.39 Å². The van der Waals surface area contributed by atoms with Crippen LogP contribution in [0.3, 0.4) is 0 Å². The van der Waals surface area contributed by atoms with Crippen molar-refractivity contribution in [3.8, 4) is 6.07 Å². The van der Waals surface area contributed by atoms with Gasteiger partial charge >= 0.3 is 0 Å². The molecule has 0 spiro atoms. The molecule has 0 aliphatic carbocycles. The molecule has 70 valence electrons. The summed E-state index contributed by atoms with van der Waals surface area (Å²) >= 11 is 0. The first-order chi connectivity index (χ1) is 6.72. The minimum absolute atomic E-state index is 0.189. The molecule has 0 unspecified atom stereocenters. The van der Waals surface area contributed by atoms with Gasteiger partial charge in [-0.2, -0.15) is 10.4 Å². The number of rotatable bonds is 1. The third-order valence-corrected chi connectivity index (χ3v) is 2.14. The summed E-state index contributed by atoms with van der Waals surface area (Å²) in [6.45, 7) is 1.88. The van der Waals surface area contributed by atoms with Gasteiger partial charge in [0.2, 0.25) is 0 Å². The molecule has 2 rings (SSSR count). The summed E-state index contributed by atoms with van der Waals surface area (Å²) < 4.78 is 14.7. The number of benzene rings is 1. The van der Waals surface area contributed by atoms with E-state index in [9.17, 15) is 4.39 Å². The second-order valence-corrected chi connectivity index (χ2v) is 3.12. The van der Waals surface area contributed by atoms with Crippen molar-refractivity contribution in [3.63, 3.8) is 0 Å². The molecule has 0 radical (unpaired) electrons. The van der Waals surface area contributed by atoms with Crippen molar-refractivity contribution >= 4 is 10.9 Å². The van der Waals surface area contributed by atoms with E-state index in [-0.39, 0.29) is 12.4 Å². The highest BCUT2D eigenvalue weighted by molar-refractivity contribution is 5.79. The zero-order valence-corrected chi connectivity index (χ0v) is 7.66. The standard InChI is InChI=1S/C10H8FN3/c1-7-4-10-8(5-9(7)11)6-13-14(10)3-2-12/h4-6H,3H2,1H3. The third kappa shape index (κ3) is 1.23. The smallest absolute Gasteiger partial charge is 0.128 e. The number of hydrogen-bond acceptors (Lipinski definition) is 2. The number of aryl methyl sites for hydroxylation is 1. The van der Waals surface area contributed by atoms with Crippen LogP contribution < -0.4 is 0 Å². The Morgan fingerprint density at radius 1 is 1.57 bits per heavy atom. The van der Waals surface area contributed by atoms with E-state index < -0.39 is 0 Å². The van der Waals surface area contributed by atoms with Crippen molar-refractivity contribution in [2.45, 2.75) is 13.5 Å². The van der Waals surface area contributed by atoms with E-state index >= 15 is 0 Å². The number of halogens is 1. The van der Waals surface area contributed by atoms with Crippen molar-refractivity contribution in [2.24, 2.45) is 0 Å². The Kier molecular flexibility index (Phi) is 1.93. The Morgan fingerprint density at radius 2 is 2.36 bits per heavy atom. The highest BCUT2D eigenvalue weighted by Crippen LogP contribution is 2.18. The van der Waals surface area contributed by atoms with E-state index in [4.69, 9.17) is 5.26 Å². The lowest BCUT2D eigenvalue weighted by molar-refractivity contribution is 0.620. The average Bonchev–Trinajstić information content (AvgIpc) is 2.51. The van der Waals surface area contributed by atoms with Crippen LogP contribution in [0, 0.1) is 24.1 Å². The Hall–Kier alpha value is -1.89. The van der Waals surface area contributed by atoms with Gasteiger partial charge in [0.1, 0.15) is 12.4 Å². The van der Waals surface area contributed by atoms with E-state index in [2.05, 4.69) is 5.10 Å². The Balaban J connectivity index is 2.69. The van der Waals surface area contributed by atoms with E-state index in [1.807, 2.05) is 6.07 Å². The van der Waals surface area contributed by atoms with Crippen molar-refractivity contribution in [1.82, 2.24) is 9.78 Å². The summed E-state index contributed by atoms with van der Waals surface area (Å²) in [5.41, 5.74) is 1.36. The lowest BCUT2D eigenvalue weighted by atomic mass is 10.2. The zero-order chi connectivity index (χ0) is 10.1. The minimum atomic E-state index is -0.242. The fourth-order valence-electron chi connectivity index (χ4n) is 1.40. The fourth-order valence-corrected chi connectivity index (χ4v) is 1.40. The molecule has 0 fully saturated rings. The first-order valence-corrected chi connectivity index (χ1v) is 4.21. The van der Waals surface area contributed by atoms with Crippen molar-refractivity contribution < 1.29 is 4.39 Å². The van der Waals surface area contributed by atoms with Gasteiger partial charge in [-0.25, -0.2) is 4.39 Å². The van der Waals surface area contributed by atoms with Gasteiger partial charge in [-0.15, -0.1) is 0 Å². The van der Waals surface area contributed by atoms with Crippen LogP contribution in [-0.4, -0.2) is 9.78 Å². The second kappa shape index (κ2) is 3.11. The van der Waals surface area contributed by atoms with Gasteiger partial charge in [0.15, 0.2) is 0 Å². The van der Waals surface area contributed by atoms with Crippen LogP contribution in [0.25, 0.3) is 10.9 Å². The normalized spacial score (nSPS) is 10.4. The van der Waals surface area contributed by atoms with Gasteiger partial charge in [0.25, 0.3) is 0 Å². The summed E-state index contributed by atoms with van der Waals surface area (Å²) in [6, 6.07) is 5.14. The maximum Gasteiger partial charge on any atom is 0.128 e. The van der Waals surface area contributed by atoms with Crippen molar-refractivity contribution in [2.75, 3.05) is 0 Å². The Bertz CT molecular complexity index is 522. The zero-order valence-electron chi connectivity index (χ0n) is 7.66. The molecule has 0 atom stereocenters. The summed E-state index contributed by atoms with van der Waals surface area (Å²) in [4.78, 5) is 0.